The van der Waals surface area contributed by atoms with Gasteiger partial charge in [-0.2, -0.15) is 0 Å². The number of H-pyrrole nitrogens is 1. The Kier molecular flexibility index (Phi) is 5.22. The van der Waals surface area contributed by atoms with Crippen molar-refractivity contribution >= 4 is 22.5 Å². The third kappa shape index (κ3) is 4.03. The van der Waals surface area contributed by atoms with Crippen molar-refractivity contribution in [1.29, 1.82) is 0 Å². The Balaban J connectivity index is 1.67. The van der Waals surface area contributed by atoms with Gasteiger partial charge in [0.1, 0.15) is 11.5 Å². The van der Waals surface area contributed by atoms with Crippen LogP contribution < -0.4 is 20.3 Å². The van der Waals surface area contributed by atoms with E-state index in [2.05, 4.69) is 10.3 Å². The monoisotopic (exact) mass is 352 g/mol. The molecule has 0 aliphatic carbocycles. The fraction of sp³-hybridized carbons (Fsp3) is 0.200. The number of ether oxygens (including phenoxy) is 2. The van der Waals surface area contributed by atoms with Crippen molar-refractivity contribution in [2.24, 2.45) is 0 Å². The predicted octanol–water partition coefficient (Wildman–Crippen LogP) is 3.12. The summed E-state index contributed by atoms with van der Waals surface area (Å²) in [5.41, 5.74) is 1.78. The molecule has 0 bridgehead atoms. The highest BCUT2D eigenvalue weighted by Crippen LogP contribution is 2.19. The van der Waals surface area contributed by atoms with E-state index in [1.807, 2.05) is 18.2 Å². The third-order valence-electron chi connectivity index (χ3n) is 4.13. The number of hydrogen-bond donors (Lipinski definition) is 2. The molecule has 0 fully saturated rings. The number of pyridine rings is 1. The lowest BCUT2D eigenvalue weighted by Gasteiger charge is -2.07. The normalized spacial score (nSPS) is 10.5. The highest BCUT2D eigenvalue weighted by molar-refractivity contribution is 5.91. The van der Waals surface area contributed by atoms with Gasteiger partial charge in [-0.1, -0.05) is 0 Å². The number of rotatable bonds is 6. The fourth-order valence-corrected chi connectivity index (χ4v) is 2.68. The molecule has 1 amide bonds. The van der Waals surface area contributed by atoms with Gasteiger partial charge in [0.25, 0.3) is 5.56 Å². The summed E-state index contributed by atoms with van der Waals surface area (Å²) in [5, 5.41) is 3.71. The van der Waals surface area contributed by atoms with Crippen molar-refractivity contribution in [1.82, 2.24) is 4.98 Å². The Morgan fingerprint density at radius 3 is 2.38 bits per heavy atom. The van der Waals surface area contributed by atoms with Crippen LogP contribution in [0.3, 0.4) is 0 Å². The van der Waals surface area contributed by atoms with Crippen LogP contribution in [0, 0.1) is 0 Å². The lowest BCUT2D eigenvalue weighted by atomic mass is 10.1. The van der Waals surface area contributed by atoms with Gasteiger partial charge in [-0.15, -0.1) is 0 Å². The van der Waals surface area contributed by atoms with Crippen molar-refractivity contribution in [3.8, 4) is 11.5 Å². The second-order valence-electron chi connectivity index (χ2n) is 5.85. The van der Waals surface area contributed by atoms with E-state index in [1.54, 1.807) is 44.6 Å². The van der Waals surface area contributed by atoms with Crippen LogP contribution in [-0.4, -0.2) is 25.1 Å². The number of aromatic amines is 1. The van der Waals surface area contributed by atoms with E-state index in [9.17, 15) is 9.59 Å². The third-order valence-corrected chi connectivity index (χ3v) is 4.13. The molecule has 134 valence electrons. The van der Waals surface area contributed by atoms with Crippen molar-refractivity contribution in [3.05, 3.63) is 64.4 Å². The first-order chi connectivity index (χ1) is 12.6. The smallest absolute Gasteiger partial charge is 0.251 e. The number of methoxy groups -OCH3 is 2. The molecule has 6 nitrogen and oxygen atoms in total. The molecule has 0 unspecified atom stereocenters. The van der Waals surface area contributed by atoms with E-state index in [0.29, 0.717) is 28.9 Å². The lowest BCUT2D eigenvalue weighted by molar-refractivity contribution is -0.116. The van der Waals surface area contributed by atoms with Crippen molar-refractivity contribution in [2.75, 3.05) is 19.5 Å². The number of nitrogens with one attached hydrogen (secondary N) is 2. The van der Waals surface area contributed by atoms with Crippen LogP contribution in [0.1, 0.15) is 12.0 Å². The van der Waals surface area contributed by atoms with Gasteiger partial charge in [-0.05, 0) is 54.3 Å². The molecule has 3 aromatic rings. The van der Waals surface area contributed by atoms with Crippen LogP contribution >= 0.6 is 0 Å². The lowest BCUT2D eigenvalue weighted by Crippen LogP contribution is -2.17. The molecule has 0 atom stereocenters. The first-order valence-corrected chi connectivity index (χ1v) is 8.23. The van der Waals surface area contributed by atoms with Gasteiger partial charge >= 0.3 is 0 Å². The van der Waals surface area contributed by atoms with Gasteiger partial charge in [0.2, 0.25) is 5.91 Å². The number of carbonyl (C=O) groups is 1. The van der Waals surface area contributed by atoms with E-state index in [4.69, 9.17) is 9.47 Å². The predicted molar refractivity (Wildman–Crippen MR) is 101 cm³/mol. The summed E-state index contributed by atoms with van der Waals surface area (Å²) in [6, 6.07) is 14.4. The highest BCUT2D eigenvalue weighted by atomic mass is 16.5. The Bertz CT molecular complexity index is 977. The van der Waals surface area contributed by atoms with Gasteiger partial charge in [0, 0.05) is 23.7 Å². The molecule has 0 saturated carbocycles. The Morgan fingerprint density at radius 1 is 1.00 bits per heavy atom. The van der Waals surface area contributed by atoms with Crippen molar-refractivity contribution < 1.29 is 14.3 Å². The Hall–Kier alpha value is -3.28. The maximum absolute atomic E-state index is 12.2. The van der Waals surface area contributed by atoms with E-state index >= 15 is 0 Å². The maximum Gasteiger partial charge on any atom is 0.251 e. The molecule has 1 heterocycles. The number of aryl methyl sites for hydroxylation is 1. The summed E-state index contributed by atoms with van der Waals surface area (Å²) in [6.45, 7) is 0. The summed E-state index contributed by atoms with van der Waals surface area (Å²) >= 11 is 0. The van der Waals surface area contributed by atoms with E-state index in [0.717, 1.165) is 11.1 Å². The van der Waals surface area contributed by atoms with E-state index < -0.39 is 0 Å². The average molecular weight is 352 g/mol. The first kappa shape index (κ1) is 17.5. The van der Waals surface area contributed by atoms with E-state index in [-0.39, 0.29) is 17.9 Å². The summed E-state index contributed by atoms with van der Waals surface area (Å²) in [6.07, 6.45) is 0.579. The molecule has 1 aromatic heterocycles. The molecule has 2 N–H and O–H groups in total. The van der Waals surface area contributed by atoms with Gasteiger partial charge in [0.15, 0.2) is 0 Å². The number of hydrogen-bond acceptors (Lipinski definition) is 4. The molecule has 0 saturated heterocycles. The van der Waals surface area contributed by atoms with Crippen LogP contribution in [0.15, 0.2) is 53.3 Å². The maximum atomic E-state index is 12.2. The minimum absolute atomic E-state index is 0.149. The molecule has 0 spiro atoms. The van der Waals surface area contributed by atoms with Gasteiger partial charge in [-0.25, -0.2) is 0 Å². The van der Waals surface area contributed by atoms with Gasteiger partial charge in [-0.3, -0.25) is 9.59 Å². The van der Waals surface area contributed by atoms with Gasteiger partial charge < -0.3 is 19.8 Å². The molecule has 3 rings (SSSR count). The minimum Gasteiger partial charge on any atom is -0.497 e. The van der Waals surface area contributed by atoms with Crippen molar-refractivity contribution in [2.45, 2.75) is 12.8 Å². The fourth-order valence-electron chi connectivity index (χ4n) is 2.68. The number of carbonyl (C=O) groups excluding carboxylic acids is 1. The molecule has 26 heavy (non-hydrogen) atoms. The number of amides is 1. The molecule has 2 aromatic carbocycles. The Morgan fingerprint density at radius 2 is 1.69 bits per heavy atom. The topological polar surface area (TPSA) is 80.4 Å². The summed E-state index contributed by atoms with van der Waals surface area (Å²) in [5.74, 6) is 1.26. The number of anilines is 1. The number of aromatic nitrogens is 1. The highest BCUT2D eigenvalue weighted by Gasteiger charge is 2.08. The summed E-state index contributed by atoms with van der Waals surface area (Å²) < 4.78 is 10.2. The molecule has 0 aliphatic rings. The SMILES string of the molecule is COc1ccc(NC(=O)CCc2cc3ccc(OC)cc3[nH]c2=O)cc1. The standard InChI is InChI=1S/C20H20N2O4/c1-25-16-8-5-15(6-9-16)21-19(23)10-4-14-11-13-3-7-17(26-2)12-18(13)22-20(14)24/h3,5-9,11-12H,4,10H2,1-2H3,(H,21,23)(H,22,24). The molecule has 0 radical (unpaired) electrons. The van der Waals surface area contributed by atoms with Crippen molar-refractivity contribution in [3.63, 3.8) is 0 Å². The molecular formula is C20H20N2O4. The number of benzene rings is 2. The minimum atomic E-state index is -0.192. The second kappa shape index (κ2) is 7.74. The van der Waals surface area contributed by atoms with Crippen LogP contribution in [0.25, 0.3) is 10.9 Å². The molecular weight excluding hydrogens is 332 g/mol. The zero-order valence-corrected chi connectivity index (χ0v) is 14.7. The van der Waals surface area contributed by atoms with Crippen LogP contribution in [0.2, 0.25) is 0 Å². The summed E-state index contributed by atoms with van der Waals surface area (Å²) in [4.78, 5) is 27.2. The quantitative estimate of drug-likeness (QED) is 0.714. The second-order valence-corrected chi connectivity index (χ2v) is 5.85. The molecule has 6 heteroatoms. The first-order valence-electron chi connectivity index (χ1n) is 8.23. The largest absolute Gasteiger partial charge is 0.497 e. The molecule has 0 aliphatic heterocycles. The van der Waals surface area contributed by atoms with Gasteiger partial charge in [0.05, 0.1) is 19.7 Å². The van der Waals surface area contributed by atoms with E-state index in [1.165, 1.54) is 0 Å². The number of fused-ring (bicyclic) bond motifs is 1. The van der Waals surface area contributed by atoms with Crippen LogP contribution in [-0.2, 0) is 11.2 Å². The average Bonchev–Trinajstić information content (AvgIpc) is 2.66. The van der Waals surface area contributed by atoms with Crippen LogP contribution in [0.5, 0.6) is 11.5 Å². The summed E-state index contributed by atoms with van der Waals surface area (Å²) in [7, 11) is 3.17. The zero-order valence-electron chi connectivity index (χ0n) is 14.7. The Labute approximate surface area is 150 Å². The van der Waals surface area contributed by atoms with Crippen LogP contribution in [0.4, 0.5) is 5.69 Å². The zero-order chi connectivity index (χ0) is 18.5.